The Balaban J connectivity index is 1.76. The second-order valence-electron chi connectivity index (χ2n) is 10.8. The minimum Gasteiger partial charge on any atom is -0.481 e. The van der Waals surface area contributed by atoms with Gasteiger partial charge in [-0.2, -0.15) is 0 Å². The zero-order chi connectivity index (χ0) is 28.0. The number of amides is 3. The van der Waals surface area contributed by atoms with Gasteiger partial charge in [-0.25, -0.2) is 4.79 Å². The predicted molar refractivity (Wildman–Crippen MR) is 152 cm³/mol. The van der Waals surface area contributed by atoms with E-state index in [-0.39, 0.29) is 51.4 Å². The fourth-order valence-corrected chi connectivity index (χ4v) is 5.38. The number of carboxylic acid groups (broad SMARTS) is 1. The van der Waals surface area contributed by atoms with Crippen LogP contribution in [0.15, 0.2) is 36.4 Å². The molecule has 2 aromatic carbocycles. The highest BCUT2D eigenvalue weighted by atomic mass is 35.5. The minimum absolute atomic E-state index is 0.0471. The molecule has 0 aliphatic heterocycles. The molecule has 38 heavy (non-hydrogen) atoms. The Labute approximate surface area is 238 Å². The van der Waals surface area contributed by atoms with E-state index in [1.807, 2.05) is 17.0 Å². The van der Waals surface area contributed by atoms with Crippen LogP contribution in [0.25, 0.3) is 0 Å². The predicted octanol–water partition coefficient (Wildman–Crippen LogP) is 7.49. The van der Waals surface area contributed by atoms with Crippen LogP contribution in [0.2, 0.25) is 15.1 Å². The summed E-state index contributed by atoms with van der Waals surface area (Å²) in [5.41, 5.74) is 1.96. The van der Waals surface area contributed by atoms with Gasteiger partial charge in [-0.3, -0.25) is 9.59 Å². The van der Waals surface area contributed by atoms with Gasteiger partial charge in [0.2, 0.25) is 0 Å². The molecule has 0 spiro atoms. The average molecular weight is 583 g/mol. The van der Waals surface area contributed by atoms with Crippen molar-refractivity contribution in [1.29, 1.82) is 0 Å². The first-order chi connectivity index (χ1) is 17.8. The summed E-state index contributed by atoms with van der Waals surface area (Å²) in [5.74, 6) is -0.723. The van der Waals surface area contributed by atoms with E-state index in [4.69, 9.17) is 39.9 Å². The standard InChI is InChI=1S/C28H34Cl3N3O4/c1-28(2,3)19-8-10-21(11-9-19)34(27(38)33-20-14-22(29)25(31)23(30)15-20)16-17-4-6-18(7-5-17)26(37)32-13-12-24(35)36/h4-7,14-15,19,21H,8-13,16H2,1-3H3,(H,32,37)(H,33,38)(H,35,36). The molecule has 0 bridgehead atoms. The van der Waals surface area contributed by atoms with Gasteiger partial charge in [0.25, 0.3) is 5.91 Å². The van der Waals surface area contributed by atoms with Crippen LogP contribution in [-0.4, -0.2) is 40.5 Å². The molecule has 3 rings (SSSR count). The number of aliphatic carboxylic acids is 1. The molecule has 3 amide bonds. The normalized spacial score (nSPS) is 17.5. The number of carbonyl (C=O) groups is 3. The Kier molecular flexibility index (Phi) is 10.3. The molecular weight excluding hydrogens is 549 g/mol. The zero-order valence-electron chi connectivity index (χ0n) is 21.8. The molecule has 0 atom stereocenters. The number of anilines is 1. The molecule has 206 valence electrons. The summed E-state index contributed by atoms with van der Waals surface area (Å²) in [5, 5.41) is 15.0. The summed E-state index contributed by atoms with van der Waals surface area (Å²) in [7, 11) is 0. The largest absolute Gasteiger partial charge is 0.481 e. The van der Waals surface area contributed by atoms with Crippen molar-refractivity contribution >= 4 is 58.4 Å². The Morgan fingerprint density at radius 2 is 1.55 bits per heavy atom. The summed E-state index contributed by atoms with van der Waals surface area (Å²) in [6, 6.07) is 9.89. The van der Waals surface area contributed by atoms with Crippen molar-refractivity contribution in [2.24, 2.45) is 11.3 Å². The van der Waals surface area contributed by atoms with Gasteiger partial charge >= 0.3 is 12.0 Å². The monoisotopic (exact) mass is 581 g/mol. The van der Waals surface area contributed by atoms with Gasteiger partial charge in [-0.15, -0.1) is 0 Å². The lowest BCUT2D eigenvalue weighted by Crippen LogP contribution is -2.45. The van der Waals surface area contributed by atoms with Crippen molar-refractivity contribution in [1.82, 2.24) is 10.2 Å². The van der Waals surface area contributed by atoms with Crippen LogP contribution in [-0.2, 0) is 11.3 Å². The summed E-state index contributed by atoms with van der Waals surface area (Å²) >= 11 is 18.4. The fraction of sp³-hybridized carbons (Fsp3) is 0.464. The van der Waals surface area contributed by atoms with Crippen molar-refractivity contribution in [3.63, 3.8) is 0 Å². The van der Waals surface area contributed by atoms with Gasteiger partial charge in [0.05, 0.1) is 21.5 Å². The van der Waals surface area contributed by atoms with E-state index in [9.17, 15) is 14.4 Å². The number of urea groups is 1. The van der Waals surface area contributed by atoms with Crippen molar-refractivity contribution in [2.45, 2.75) is 65.5 Å². The molecule has 10 heteroatoms. The maximum atomic E-state index is 13.5. The van der Waals surface area contributed by atoms with Crippen molar-refractivity contribution < 1.29 is 19.5 Å². The van der Waals surface area contributed by atoms with Gasteiger partial charge in [0, 0.05) is 30.4 Å². The third-order valence-corrected chi connectivity index (χ3v) is 8.25. The van der Waals surface area contributed by atoms with E-state index < -0.39 is 5.97 Å². The Bertz CT molecular complexity index is 1130. The quantitative estimate of drug-likeness (QED) is 0.281. The van der Waals surface area contributed by atoms with Gasteiger partial charge < -0.3 is 20.6 Å². The SMILES string of the molecule is CC(C)(C)C1CCC(N(Cc2ccc(C(=O)NCCC(=O)O)cc2)C(=O)Nc2cc(Cl)c(Cl)c(Cl)c2)CC1. The molecule has 0 aromatic heterocycles. The van der Waals surface area contributed by atoms with E-state index in [0.717, 1.165) is 31.2 Å². The number of nitrogens with zero attached hydrogens (tertiary/aromatic N) is 1. The summed E-state index contributed by atoms with van der Waals surface area (Å²) in [6.45, 7) is 7.19. The topological polar surface area (TPSA) is 98.7 Å². The molecule has 0 radical (unpaired) electrons. The van der Waals surface area contributed by atoms with E-state index in [1.54, 1.807) is 24.3 Å². The molecule has 1 fully saturated rings. The van der Waals surface area contributed by atoms with E-state index in [0.29, 0.717) is 23.7 Å². The van der Waals surface area contributed by atoms with E-state index >= 15 is 0 Å². The number of carboxylic acids is 1. The Morgan fingerprint density at radius 1 is 0.974 bits per heavy atom. The van der Waals surface area contributed by atoms with Crippen LogP contribution in [0.1, 0.15) is 68.8 Å². The third kappa shape index (κ3) is 8.26. The maximum absolute atomic E-state index is 13.5. The van der Waals surface area contributed by atoms with Gasteiger partial charge in [0.1, 0.15) is 0 Å². The van der Waals surface area contributed by atoms with Crippen LogP contribution < -0.4 is 10.6 Å². The van der Waals surface area contributed by atoms with E-state index in [1.165, 1.54) is 0 Å². The summed E-state index contributed by atoms with van der Waals surface area (Å²) < 4.78 is 0. The molecule has 0 unspecified atom stereocenters. The molecule has 1 aliphatic carbocycles. The molecule has 0 saturated heterocycles. The maximum Gasteiger partial charge on any atom is 0.322 e. The molecule has 3 N–H and O–H groups in total. The first-order valence-electron chi connectivity index (χ1n) is 12.7. The van der Waals surface area contributed by atoms with Crippen molar-refractivity contribution in [3.8, 4) is 0 Å². The number of benzene rings is 2. The summed E-state index contributed by atoms with van der Waals surface area (Å²) in [6.07, 6.45) is 3.70. The van der Waals surface area contributed by atoms with Gasteiger partial charge in [-0.05, 0) is 66.8 Å². The van der Waals surface area contributed by atoms with Gasteiger partial charge in [-0.1, -0.05) is 67.7 Å². The highest BCUT2D eigenvalue weighted by Crippen LogP contribution is 2.39. The third-order valence-electron chi connectivity index (χ3n) is 7.05. The van der Waals surface area contributed by atoms with Crippen LogP contribution in [0.3, 0.4) is 0 Å². The molecule has 7 nitrogen and oxygen atoms in total. The number of rotatable bonds is 8. The molecule has 1 saturated carbocycles. The lowest BCUT2D eigenvalue weighted by Gasteiger charge is -2.41. The molecule has 1 aliphatic rings. The minimum atomic E-state index is -0.973. The van der Waals surface area contributed by atoms with Gasteiger partial charge in [0.15, 0.2) is 0 Å². The Hall–Kier alpha value is -2.48. The van der Waals surface area contributed by atoms with E-state index in [2.05, 4.69) is 31.4 Å². The smallest absolute Gasteiger partial charge is 0.322 e. The highest BCUT2D eigenvalue weighted by molar-refractivity contribution is 6.48. The number of halogens is 3. The summed E-state index contributed by atoms with van der Waals surface area (Å²) in [4.78, 5) is 38.3. The van der Waals surface area contributed by atoms with Crippen LogP contribution >= 0.6 is 34.8 Å². The number of hydrogen-bond acceptors (Lipinski definition) is 3. The van der Waals surface area contributed by atoms with Crippen LogP contribution in [0, 0.1) is 11.3 Å². The molecule has 2 aromatic rings. The average Bonchev–Trinajstić information content (AvgIpc) is 2.85. The second-order valence-corrected chi connectivity index (χ2v) is 12.0. The van der Waals surface area contributed by atoms with Crippen molar-refractivity contribution in [3.05, 3.63) is 62.6 Å². The van der Waals surface area contributed by atoms with Crippen molar-refractivity contribution in [2.75, 3.05) is 11.9 Å². The highest BCUT2D eigenvalue weighted by Gasteiger charge is 2.33. The fourth-order valence-electron chi connectivity index (χ4n) is 4.79. The zero-order valence-corrected chi connectivity index (χ0v) is 24.1. The molecule has 0 heterocycles. The first-order valence-corrected chi connectivity index (χ1v) is 13.8. The second kappa shape index (κ2) is 13.0. The van der Waals surface area contributed by atoms with Crippen LogP contribution in [0.5, 0.6) is 0 Å². The lowest BCUT2D eigenvalue weighted by molar-refractivity contribution is -0.136. The lowest BCUT2D eigenvalue weighted by atomic mass is 9.71. The number of nitrogens with one attached hydrogen (secondary N) is 2. The van der Waals surface area contributed by atoms with Crippen LogP contribution in [0.4, 0.5) is 10.5 Å². The number of hydrogen-bond donors (Lipinski definition) is 3. The first kappa shape index (κ1) is 30.1. The molecular formula is C28H34Cl3N3O4. The number of carbonyl (C=O) groups excluding carboxylic acids is 2. The Morgan fingerprint density at radius 3 is 2.08 bits per heavy atom.